The van der Waals surface area contributed by atoms with Crippen molar-refractivity contribution in [1.29, 1.82) is 0 Å². The lowest BCUT2D eigenvalue weighted by Crippen LogP contribution is -2.72. The SMILES string of the molecule is CC1(c2ccccc2)c2ccccc2-c2ccc(-c3ccc(N(c4cccc([Si]5(c6ccccc6)c6ccccc6-c6ccccc65)c4)c4ccc5c(c4)C(C)(c4ccccc4)c4ccccc4-5)cc3-c3ccccc3)cc21. The second kappa shape index (κ2) is 17.9. The molecule has 0 fully saturated rings. The molecule has 0 amide bonds. The van der Waals surface area contributed by atoms with E-state index in [1.807, 2.05) is 0 Å². The second-order valence-electron chi connectivity index (χ2n) is 21.8. The molecule has 0 saturated carbocycles. The molecular weight excluding hydrogens is 955 g/mol. The van der Waals surface area contributed by atoms with E-state index in [1.165, 1.54) is 110 Å². The highest BCUT2D eigenvalue weighted by Crippen LogP contribution is 2.56. The Labute approximate surface area is 459 Å². The lowest BCUT2D eigenvalue weighted by atomic mass is 9.74. The van der Waals surface area contributed by atoms with Gasteiger partial charge in [0.1, 0.15) is 0 Å². The lowest BCUT2D eigenvalue weighted by Gasteiger charge is -2.34. The van der Waals surface area contributed by atoms with Crippen LogP contribution in [-0.2, 0) is 10.8 Å². The monoisotopic (exact) mass is 1010 g/mol. The molecule has 0 aromatic heterocycles. The van der Waals surface area contributed by atoms with Crippen molar-refractivity contribution in [1.82, 2.24) is 0 Å². The molecule has 1 aliphatic heterocycles. The topological polar surface area (TPSA) is 3.24 Å². The predicted octanol–water partition coefficient (Wildman–Crippen LogP) is 16.5. The van der Waals surface area contributed by atoms with E-state index in [9.17, 15) is 0 Å². The van der Waals surface area contributed by atoms with Gasteiger partial charge >= 0.3 is 0 Å². The minimum absolute atomic E-state index is 0.319. The van der Waals surface area contributed by atoms with Gasteiger partial charge in [-0.1, -0.05) is 255 Å². The van der Waals surface area contributed by atoms with Crippen LogP contribution in [0.3, 0.4) is 0 Å². The first kappa shape index (κ1) is 46.0. The number of rotatable bonds is 9. The number of anilines is 3. The number of benzene rings is 12. The third-order valence-corrected chi connectivity index (χ3v) is 22.8. The Morgan fingerprint density at radius 3 is 1.27 bits per heavy atom. The maximum atomic E-state index is 2.54. The van der Waals surface area contributed by atoms with E-state index in [2.05, 4.69) is 316 Å². The first-order valence-electron chi connectivity index (χ1n) is 27.4. The molecule has 12 aromatic rings. The van der Waals surface area contributed by atoms with Gasteiger partial charge in [0.05, 0.1) is 0 Å². The molecule has 0 spiro atoms. The minimum atomic E-state index is -2.84. The molecule has 0 bridgehead atoms. The Morgan fingerprint density at radius 1 is 0.256 bits per heavy atom. The van der Waals surface area contributed by atoms with E-state index in [1.54, 1.807) is 0 Å². The summed E-state index contributed by atoms with van der Waals surface area (Å²) in [7, 11) is -2.84. The molecule has 368 valence electrons. The summed E-state index contributed by atoms with van der Waals surface area (Å²) in [6, 6.07) is 112. The highest BCUT2D eigenvalue weighted by atomic mass is 28.3. The van der Waals surface area contributed by atoms with E-state index in [-0.39, 0.29) is 10.8 Å². The third-order valence-electron chi connectivity index (χ3n) is 17.9. The van der Waals surface area contributed by atoms with Gasteiger partial charge in [0.15, 0.2) is 8.07 Å². The first-order chi connectivity index (χ1) is 38.5. The van der Waals surface area contributed by atoms with Crippen LogP contribution < -0.4 is 25.6 Å². The fourth-order valence-corrected chi connectivity index (χ4v) is 19.5. The van der Waals surface area contributed by atoms with Crippen molar-refractivity contribution in [3.63, 3.8) is 0 Å². The molecule has 2 heteroatoms. The molecule has 2 unspecified atom stereocenters. The Balaban J connectivity index is 0.971. The van der Waals surface area contributed by atoms with Crippen molar-refractivity contribution >= 4 is 45.9 Å². The van der Waals surface area contributed by atoms with Crippen LogP contribution in [0.5, 0.6) is 0 Å². The number of fused-ring (bicyclic) bond motifs is 9. The number of nitrogens with zero attached hydrogens (tertiary/aromatic N) is 1. The first-order valence-corrected chi connectivity index (χ1v) is 29.4. The van der Waals surface area contributed by atoms with Crippen molar-refractivity contribution in [3.05, 3.63) is 331 Å². The summed E-state index contributed by atoms with van der Waals surface area (Å²) < 4.78 is 0. The van der Waals surface area contributed by atoms with Gasteiger partial charge in [-0.25, -0.2) is 0 Å². The molecule has 1 heterocycles. The molecule has 15 rings (SSSR count). The average Bonchev–Trinajstić information content (AvgIpc) is 4.28. The van der Waals surface area contributed by atoms with Crippen LogP contribution in [0.15, 0.2) is 297 Å². The highest BCUT2D eigenvalue weighted by Gasteiger charge is 2.49. The van der Waals surface area contributed by atoms with Crippen LogP contribution in [0.1, 0.15) is 47.2 Å². The molecule has 78 heavy (non-hydrogen) atoms. The van der Waals surface area contributed by atoms with Crippen LogP contribution in [0.2, 0.25) is 0 Å². The predicted molar refractivity (Wildman–Crippen MR) is 329 cm³/mol. The zero-order chi connectivity index (χ0) is 52.0. The van der Waals surface area contributed by atoms with Gasteiger partial charge in [-0.05, 0) is 166 Å². The smallest absolute Gasteiger partial charge is 0.180 e. The fraction of sp³-hybridized carbons (Fsp3) is 0.0526. The second-order valence-corrected chi connectivity index (χ2v) is 25.5. The number of hydrogen-bond donors (Lipinski definition) is 0. The van der Waals surface area contributed by atoms with Crippen LogP contribution in [-0.4, -0.2) is 8.07 Å². The maximum Gasteiger partial charge on any atom is 0.180 e. The van der Waals surface area contributed by atoms with Crippen LogP contribution >= 0.6 is 0 Å². The Hall–Kier alpha value is -9.34. The number of hydrogen-bond acceptors (Lipinski definition) is 1. The van der Waals surface area contributed by atoms with E-state index >= 15 is 0 Å². The highest BCUT2D eigenvalue weighted by molar-refractivity contribution is 7.22. The molecule has 0 radical (unpaired) electrons. The minimum Gasteiger partial charge on any atom is -0.310 e. The van der Waals surface area contributed by atoms with Gasteiger partial charge < -0.3 is 4.90 Å². The Bertz CT molecular complexity index is 4250. The van der Waals surface area contributed by atoms with Gasteiger partial charge in [-0.3, -0.25) is 0 Å². The van der Waals surface area contributed by atoms with E-state index < -0.39 is 8.07 Å². The largest absolute Gasteiger partial charge is 0.310 e. The van der Waals surface area contributed by atoms with E-state index in [4.69, 9.17) is 0 Å². The van der Waals surface area contributed by atoms with Crippen molar-refractivity contribution in [2.24, 2.45) is 0 Å². The molecule has 12 aromatic carbocycles. The van der Waals surface area contributed by atoms with E-state index in [0.717, 1.165) is 17.1 Å². The van der Waals surface area contributed by atoms with E-state index in [0.29, 0.717) is 0 Å². The Morgan fingerprint density at radius 2 is 0.679 bits per heavy atom. The van der Waals surface area contributed by atoms with Crippen LogP contribution in [0.4, 0.5) is 17.1 Å². The van der Waals surface area contributed by atoms with Gasteiger partial charge in [0.25, 0.3) is 0 Å². The van der Waals surface area contributed by atoms with Crippen molar-refractivity contribution in [3.8, 4) is 55.6 Å². The molecular formula is C76H55NSi. The van der Waals surface area contributed by atoms with Gasteiger partial charge in [-0.15, -0.1) is 0 Å². The van der Waals surface area contributed by atoms with Crippen LogP contribution in [0.25, 0.3) is 55.6 Å². The lowest BCUT2D eigenvalue weighted by molar-refractivity contribution is 0.714. The fourth-order valence-electron chi connectivity index (χ4n) is 14.3. The maximum absolute atomic E-state index is 2.84. The third kappa shape index (κ3) is 6.66. The summed E-state index contributed by atoms with van der Waals surface area (Å²) in [5.74, 6) is 0. The molecule has 1 nitrogen and oxygen atoms in total. The van der Waals surface area contributed by atoms with Crippen LogP contribution in [0, 0.1) is 0 Å². The summed E-state index contributed by atoms with van der Waals surface area (Å²) in [6.07, 6.45) is 0. The van der Waals surface area contributed by atoms with Gasteiger partial charge in [-0.2, -0.15) is 0 Å². The zero-order valence-electron chi connectivity index (χ0n) is 43.7. The molecule has 0 saturated heterocycles. The summed E-state index contributed by atoms with van der Waals surface area (Å²) in [5, 5.41) is 5.62. The van der Waals surface area contributed by atoms with Crippen molar-refractivity contribution in [2.75, 3.05) is 4.90 Å². The van der Waals surface area contributed by atoms with Crippen molar-refractivity contribution in [2.45, 2.75) is 24.7 Å². The average molecular weight is 1010 g/mol. The molecule has 0 N–H and O–H groups in total. The molecule has 3 aliphatic rings. The molecule has 2 aliphatic carbocycles. The standard InChI is InChI=1S/C76H55NSi/c1-75(54-26-9-4-10-27-54)69-38-19-15-34-62(69)64-45-42-53(48-71(64)75)61-46-43-57(50-68(61)52-24-7-3-8-25-52)77(58-44-47-65-63-35-16-20-39-70(63)76(2,72(65)51-58)55-28-11-5-12-29-55)56-30-23-33-60(49-56)78(59-31-13-6-14-32-59)73-40-21-17-36-66(73)67-37-18-22-41-74(67)78/h3-51H,1-2H3. The van der Waals surface area contributed by atoms with Gasteiger partial charge in [0, 0.05) is 27.9 Å². The zero-order valence-corrected chi connectivity index (χ0v) is 44.7. The Kier molecular flexibility index (Phi) is 10.5. The summed E-state index contributed by atoms with van der Waals surface area (Å²) in [4.78, 5) is 2.54. The molecule has 2 atom stereocenters. The van der Waals surface area contributed by atoms with Gasteiger partial charge in [0.2, 0.25) is 0 Å². The summed E-state index contributed by atoms with van der Waals surface area (Å²) in [5.41, 5.74) is 23.2. The quantitative estimate of drug-likeness (QED) is 0.130. The van der Waals surface area contributed by atoms with Crippen molar-refractivity contribution < 1.29 is 0 Å². The summed E-state index contributed by atoms with van der Waals surface area (Å²) in [6.45, 7) is 4.83. The normalized spacial score (nSPS) is 16.8. The summed E-state index contributed by atoms with van der Waals surface area (Å²) >= 11 is 0.